The number of hydrogen-bond donors (Lipinski definition) is 0. The first-order valence-electron chi connectivity index (χ1n) is 7.41. The Hall–Kier alpha value is -1.98. The van der Waals surface area contributed by atoms with Crippen molar-refractivity contribution in [3.05, 3.63) is 51.5 Å². The van der Waals surface area contributed by atoms with Gasteiger partial charge >= 0.3 is 0 Å². The number of thiazole rings is 1. The van der Waals surface area contributed by atoms with Gasteiger partial charge in [-0.05, 0) is 43.2 Å². The molecule has 2 rings (SSSR count). The molecule has 0 unspecified atom stereocenters. The van der Waals surface area contributed by atoms with Crippen molar-refractivity contribution in [2.24, 2.45) is 0 Å². The lowest BCUT2D eigenvalue weighted by molar-refractivity contribution is -0.110. The minimum atomic E-state index is -0.239. The summed E-state index contributed by atoms with van der Waals surface area (Å²) in [7, 11) is 1.64. The van der Waals surface area contributed by atoms with Crippen LogP contribution in [0, 0.1) is 6.92 Å². The predicted octanol–water partition coefficient (Wildman–Crippen LogP) is 4.04. The lowest BCUT2D eigenvalue weighted by atomic mass is 10.1. The van der Waals surface area contributed by atoms with Crippen LogP contribution in [0.1, 0.15) is 29.6 Å². The van der Waals surface area contributed by atoms with Crippen molar-refractivity contribution >= 4 is 23.7 Å². The Morgan fingerprint density at radius 3 is 2.65 bits per heavy atom. The van der Waals surface area contributed by atoms with Gasteiger partial charge in [0.05, 0.1) is 30.5 Å². The summed E-state index contributed by atoms with van der Waals surface area (Å²) in [4.78, 5) is 15.3. The van der Waals surface area contributed by atoms with Gasteiger partial charge in [-0.25, -0.2) is 4.98 Å². The van der Waals surface area contributed by atoms with Crippen molar-refractivity contribution in [1.29, 1.82) is 0 Å². The van der Waals surface area contributed by atoms with Gasteiger partial charge in [-0.15, -0.1) is 11.3 Å². The highest BCUT2D eigenvalue weighted by molar-refractivity contribution is 7.09. The van der Waals surface area contributed by atoms with Gasteiger partial charge in [0, 0.05) is 11.8 Å². The van der Waals surface area contributed by atoms with Crippen molar-refractivity contribution in [1.82, 2.24) is 4.98 Å². The molecule has 4 nitrogen and oxygen atoms in total. The average molecular weight is 331 g/mol. The van der Waals surface area contributed by atoms with E-state index in [4.69, 9.17) is 9.47 Å². The van der Waals surface area contributed by atoms with E-state index in [1.54, 1.807) is 18.4 Å². The molecular formula is C18H21NO3S. The molecule has 0 radical (unpaired) electrons. The maximum atomic E-state index is 10.9. The normalized spacial score (nSPS) is 12.9. The molecule has 2 aromatic rings. The van der Waals surface area contributed by atoms with Gasteiger partial charge in [0.15, 0.2) is 0 Å². The van der Waals surface area contributed by atoms with Crippen LogP contribution in [-0.4, -0.2) is 24.5 Å². The van der Waals surface area contributed by atoms with E-state index < -0.39 is 0 Å². The number of benzene rings is 1. The molecule has 0 bridgehead atoms. The van der Waals surface area contributed by atoms with Gasteiger partial charge in [0.2, 0.25) is 0 Å². The maximum absolute atomic E-state index is 10.9. The van der Waals surface area contributed by atoms with Gasteiger partial charge in [-0.3, -0.25) is 0 Å². The van der Waals surface area contributed by atoms with Gasteiger partial charge < -0.3 is 14.3 Å². The van der Waals surface area contributed by atoms with E-state index in [0.717, 1.165) is 33.9 Å². The summed E-state index contributed by atoms with van der Waals surface area (Å²) in [5, 5.41) is 3.02. The topological polar surface area (TPSA) is 48.4 Å². The van der Waals surface area contributed by atoms with E-state index in [9.17, 15) is 4.79 Å². The largest absolute Gasteiger partial charge is 0.497 e. The number of aryl methyl sites for hydroxylation is 1. The Labute approximate surface area is 140 Å². The van der Waals surface area contributed by atoms with Gasteiger partial charge in [-0.2, -0.15) is 0 Å². The molecule has 0 saturated heterocycles. The monoisotopic (exact) mass is 331 g/mol. The number of ether oxygens (including phenoxy) is 2. The fourth-order valence-electron chi connectivity index (χ4n) is 2.16. The highest BCUT2D eigenvalue weighted by Crippen LogP contribution is 2.19. The summed E-state index contributed by atoms with van der Waals surface area (Å²) < 4.78 is 11.1. The lowest BCUT2D eigenvalue weighted by Crippen LogP contribution is -2.15. The Balaban J connectivity index is 2.02. The number of methoxy groups -OCH3 is 1. The molecule has 0 aliphatic rings. The number of hydrogen-bond acceptors (Lipinski definition) is 5. The molecule has 23 heavy (non-hydrogen) atoms. The molecular weight excluding hydrogens is 310 g/mol. The third-order valence-corrected chi connectivity index (χ3v) is 4.23. The second kappa shape index (κ2) is 8.60. The first-order chi connectivity index (χ1) is 11.1. The molecule has 5 heteroatoms. The zero-order valence-electron chi connectivity index (χ0n) is 13.6. The van der Waals surface area contributed by atoms with Crippen LogP contribution in [0.15, 0.2) is 35.2 Å². The van der Waals surface area contributed by atoms with Crippen molar-refractivity contribution in [3.63, 3.8) is 0 Å². The minimum absolute atomic E-state index is 0.239. The van der Waals surface area contributed by atoms with Crippen LogP contribution in [0.2, 0.25) is 0 Å². The van der Waals surface area contributed by atoms with Crippen molar-refractivity contribution in [3.8, 4) is 5.75 Å². The molecule has 1 atom stereocenters. The van der Waals surface area contributed by atoms with Gasteiger partial charge in [0.25, 0.3) is 0 Å². The van der Waals surface area contributed by atoms with Crippen LogP contribution < -0.4 is 4.74 Å². The van der Waals surface area contributed by atoms with E-state index in [0.29, 0.717) is 13.0 Å². The fourth-order valence-corrected chi connectivity index (χ4v) is 2.73. The predicted molar refractivity (Wildman–Crippen MR) is 92.8 cm³/mol. The van der Waals surface area contributed by atoms with Crippen LogP contribution in [0.4, 0.5) is 0 Å². The lowest BCUT2D eigenvalue weighted by Gasteiger charge is -2.16. The number of rotatable bonds is 8. The third kappa shape index (κ3) is 5.30. The zero-order chi connectivity index (χ0) is 16.7. The van der Waals surface area contributed by atoms with Crippen molar-refractivity contribution in [2.75, 3.05) is 7.11 Å². The van der Waals surface area contributed by atoms with Crippen LogP contribution in [0.25, 0.3) is 6.08 Å². The Morgan fingerprint density at radius 2 is 2.09 bits per heavy atom. The van der Waals surface area contributed by atoms with Crippen molar-refractivity contribution < 1.29 is 14.3 Å². The summed E-state index contributed by atoms with van der Waals surface area (Å²) >= 11 is 1.61. The summed E-state index contributed by atoms with van der Waals surface area (Å²) in [6, 6.07) is 7.71. The summed E-state index contributed by atoms with van der Waals surface area (Å²) in [6.45, 7) is 4.39. The van der Waals surface area contributed by atoms with E-state index in [1.165, 1.54) is 0 Å². The van der Waals surface area contributed by atoms with Crippen molar-refractivity contribution in [2.45, 2.75) is 33.0 Å². The number of aldehydes is 1. The maximum Gasteiger partial charge on any atom is 0.122 e. The number of nitrogens with zero attached hydrogens (tertiary/aromatic N) is 1. The quantitative estimate of drug-likeness (QED) is 0.685. The standard InChI is InChI=1S/C18H21NO3S/c1-13(10-16-12-23-14(2)19-16)18(8-9-20)22-11-15-4-6-17(21-3)7-5-15/h4-7,9-10,12,18H,8,11H2,1-3H3/b13-10+/t18-/m0/s1. The van der Waals surface area contributed by atoms with Crippen LogP contribution >= 0.6 is 11.3 Å². The molecule has 1 heterocycles. The molecule has 0 spiro atoms. The molecule has 0 saturated carbocycles. The van der Waals surface area contributed by atoms with E-state index in [1.807, 2.05) is 49.6 Å². The molecule has 0 aliphatic carbocycles. The summed E-state index contributed by atoms with van der Waals surface area (Å²) in [5.74, 6) is 0.813. The van der Waals surface area contributed by atoms with Gasteiger partial charge in [-0.1, -0.05) is 12.1 Å². The first-order valence-corrected chi connectivity index (χ1v) is 8.29. The average Bonchev–Trinajstić information content (AvgIpc) is 2.96. The highest BCUT2D eigenvalue weighted by atomic mass is 32.1. The van der Waals surface area contributed by atoms with Gasteiger partial charge in [0.1, 0.15) is 12.0 Å². The summed E-state index contributed by atoms with van der Waals surface area (Å²) in [6.07, 6.45) is 2.96. The number of carbonyl (C=O) groups is 1. The Morgan fingerprint density at radius 1 is 1.35 bits per heavy atom. The summed E-state index contributed by atoms with van der Waals surface area (Å²) in [5.41, 5.74) is 2.95. The second-order valence-electron chi connectivity index (χ2n) is 5.23. The van der Waals surface area contributed by atoms with Crippen LogP contribution in [0.5, 0.6) is 5.75 Å². The molecule has 1 aromatic carbocycles. The minimum Gasteiger partial charge on any atom is -0.497 e. The van der Waals surface area contributed by atoms with Crippen LogP contribution in [0.3, 0.4) is 0 Å². The van der Waals surface area contributed by atoms with E-state index in [2.05, 4.69) is 4.98 Å². The Bertz CT molecular complexity index is 661. The molecule has 0 amide bonds. The van der Waals surface area contributed by atoms with E-state index in [-0.39, 0.29) is 6.10 Å². The number of carbonyl (C=O) groups excluding carboxylic acids is 1. The molecule has 0 N–H and O–H groups in total. The SMILES string of the molecule is COc1ccc(CO[C@@H](CC=O)/C(C)=C/c2csc(C)n2)cc1. The molecule has 0 fully saturated rings. The highest BCUT2D eigenvalue weighted by Gasteiger charge is 2.12. The molecule has 122 valence electrons. The number of aromatic nitrogens is 1. The molecule has 0 aliphatic heterocycles. The first kappa shape index (κ1) is 17.4. The second-order valence-corrected chi connectivity index (χ2v) is 6.29. The smallest absolute Gasteiger partial charge is 0.122 e. The van der Waals surface area contributed by atoms with Crippen LogP contribution in [-0.2, 0) is 16.1 Å². The zero-order valence-corrected chi connectivity index (χ0v) is 14.4. The Kier molecular flexibility index (Phi) is 6.50. The fraction of sp³-hybridized carbons (Fsp3) is 0.333. The molecule has 1 aromatic heterocycles. The van der Waals surface area contributed by atoms with E-state index >= 15 is 0 Å². The third-order valence-electron chi connectivity index (χ3n) is 3.44.